The molecule has 1 fully saturated rings. The van der Waals surface area contributed by atoms with Crippen LogP contribution in [0.1, 0.15) is 40.0 Å². The maximum atomic E-state index is 10.9. The number of nitriles is 1. The molecule has 0 aromatic carbocycles. The van der Waals surface area contributed by atoms with Crippen LogP contribution in [0.25, 0.3) is 0 Å². The molecule has 0 aromatic rings. The minimum absolute atomic E-state index is 0.0838. The molecule has 3 aliphatic carbocycles. The summed E-state index contributed by atoms with van der Waals surface area (Å²) < 4.78 is 5.48. The van der Waals surface area contributed by atoms with E-state index in [1.165, 1.54) is 5.57 Å². The van der Waals surface area contributed by atoms with Crippen LogP contribution >= 0.6 is 0 Å². The largest absolute Gasteiger partial charge is 0.392 e. The third-order valence-corrected chi connectivity index (χ3v) is 6.02. The van der Waals surface area contributed by atoms with Crippen molar-refractivity contribution in [2.24, 2.45) is 16.7 Å². The molecule has 3 nitrogen and oxygen atoms in total. The number of hydrogen-bond acceptors (Lipinski definition) is 3. The average molecular weight is 299 g/mol. The van der Waals surface area contributed by atoms with Crippen molar-refractivity contribution in [3.8, 4) is 6.07 Å². The van der Waals surface area contributed by atoms with Gasteiger partial charge in [0.2, 0.25) is 0 Å². The third-order valence-electron chi connectivity index (χ3n) is 6.02. The molecule has 1 saturated carbocycles. The molecule has 0 spiro atoms. The summed E-state index contributed by atoms with van der Waals surface area (Å²) in [6.45, 7) is 6.19. The van der Waals surface area contributed by atoms with Gasteiger partial charge in [-0.15, -0.1) is 0 Å². The van der Waals surface area contributed by atoms with E-state index in [4.69, 9.17) is 4.74 Å². The summed E-state index contributed by atoms with van der Waals surface area (Å²) in [5.74, 6) is 0.121. The van der Waals surface area contributed by atoms with Gasteiger partial charge >= 0.3 is 0 Å². The Morgan fingerprint density at radius 1 is 1.50 bits per heavy atom. The SMILES string of the molecule is C/C=C1\[C@]2(C)CC3=C(C=CC(OC)C3)[C@@]1(C#N)CC(C)[C@@H]2O. The summed E-state index contributed by atoms with van der Waals surface area (Å²) in [5.41, 5.74) is 2.63. The Balaban J connectivity index is 2.22. The molecule has 3 aliphatic rings. The molecule has 0 aromatic heterocycles. The van der Waals surface area contributed by atoms with E-state index in [1.54, 1.807) is 7.11 Å². The number of aliphatic hydroxyl groups is 1. The number of ether oxygens (including phenoxy) is 1. The lowest BCUT2D eigenvalue weighted by molar-refractivity contribution is -0.0310. The molecule has 22 heavy (non-hydrogen) atoms. The molecule has 0 radical (unpaired) electrons. The van der Waals surface area contributed by atoms with Crippen molar-refractivity contribution in [1.29, 1.82) is 5.26 Å². The predicted octanol–water partition coefficient (Wildman–Crippen LogP) is 3.52. The van der Waals surface area contributed by atoms with E-state index < -0.39 is 11.5 Å². The van der Waals surface area contributed by atoms with Crippen molar-refractivity contribution in [3.63, 3.8) is 0 Å². The van der Waals surface area contributed by atoms with Crippen molar-refractivity contribution < 1.29 is 9.84 Å². The van der Waals surface area contributed by atoms with Crippen LogP contribution in [0.4, 0.5) is 0 Å². The lowest BCUT2D eigenvalue weighted by Crippen LogP contribution is -2.54. The van der Waals surface area contributed by atoms with Gasteiger partial charge in [-0.1, -0.05) is 37.6 Å². The fraction of sp³-hybridized carbons (Fsp3) is 0.632. The molecule has 0 amide bonds. The number of rotatable bonds is 1. The first-order valence-electron chi connectivity index (χ1n) is 8.13. The van der Waals surface area contributed by atoms with Crippen molar-refractivity contribution in [2.45, 2.75) is 52.2 Å². The zero-order chi connectivity index (χ0) is 16.1. The summed E-state index contributed by atoms with van der Waals surface area (Å²) in [5, 5.41) is 21.0. The third kappa shape index (κ3) is 1.81. The highest BCUT2D eigenvalue weighted by molar-refractivity contribution is 5.55. The predicted molar refractivity (Wildman–Crippen MR) is 85.9 cm³/mol. The second kappa shape index (κ2) is 5.08. The molecule has 1 N–H and O–H groups in total. The topological polar surface area (TPSA) is 53.2 Å². The van der Waals surface area contributed by atoms with Crippen LogP contribution in [0, 0.1) is 28.1 Å². The first-order valence-corrected chi connectivity index (χ1v) is 8.13. The van der Waals surface area contributed by atoms with E-state index in [0.29, 0.717) is 6.42 Å². The lowest BCUT2D eigenvalue weighted by atomic mass is 9.47. The minimum Gasteiger partial charge on any atom is -0.392 e. The van der Waals surface area contributed by atoms with Gasteiger partial charge in [0.25, 0.3) is 0 Å². The van der Waals surface area contributed by atoms with Gasteiger partial charge < -0.3 is 9.84 Å². The molecule has 3 rings (SSSR count). The highest BCUT2D eigenvalue weighted by Gasteiger charge is 2.59. The zero-order valence-electron chi connectivity index (χ0n) is 13.9. The summed E-state index contributed by atoms with van der Waals surface area (Å²) >= 11 is 0. The van der Waals surface area contributed by atoms with Gasteiger partial charge in [-0.2, -0.15) is 5.26 Å². The van der Waals surface area contributed by atoms with E-state index >= 15 is 0 Å². The normalized spacial score (nSPS) is 45.6. The fourth-order valence-corrected chi connectivity index (χ4v) is 5.14. The number of fused-ring (bicyclic) bond motifs is 3. The van der Waals surface area contributed by atoms with Gasteiger partial charge in [0.05, 0.1) is 18.3 Å². The number of methoxy groups -OCH3 is 1. The molecule has 2 unspecified atom stereocenters. The molecule has 0 saturated heterocycles. The molecule has 2 bridgehead atoms. The maximum Gasteiger partial charge on any atom is 0.104 e. The zero-order valence-corrected chi connectivity index (χ0v) is 13.9. The van der Waals surface area contributed by atoms with Gasteiger partial charge in [-0.3, -0.25) is 0 Å². The molecule has 0 heterocycles. The van der Waals surface area contributed by atoms with Gasteiger partial charge in [0.1, 0.15) is 5.41 Å². The van der Waals surface area contributed by atoms with Crippen molar-refractivity contribution >= 4 is 0 Å². The Morgan fingerprint density at radius 2 is 2.23 bits per heavy atom. The Kier molecular flexibility index (Phi) is 3.58. The summed E-state index contributed by atoms with van der Waals surface area (Å²) in [6.07, 6.45) is 8.27. The van der Waals surface area contributed by atoms with Crippen molar-refractivity contribution in [3.05, 3.63) is 34.9 Å². The molecule has 118 valence electrons. The summed E-state index contributed by atoms with van der Waals surface area (Å²) in [6, 6.07) is 2.63. The highest BCUT2D eigenvalue weighted by atomic mass is 16.5. The van der Waals surface area contributed by atoms with Crippen molar-refractivity contribution in [1.82, 2.24) is 0 Å². The average Bonchev–Trinajstić information content (AvgIpc) is 2.52. The maximum absolute atomic E-state index is 10.9. The van der Waals surface area contributed by atoms with Crippen LogP contribution in [0.5, 0.6) is 0 Å². The van der Waals surface area contributed by atoms with Gasteiger partial charge in [-0.25, -0.2) is 0 Å². The van der Waals surface area contributed by atoms with Gasteiger partial charge in [-0.05, 0) is 43.3 Å². The van der Waals surface area contributed by atoms with Crippen LogP contribution in [-0.2, 0) is 4.74 Å². The minimum atomic E-state index is -0.578. The van der Waals surface area contributed by atoms with Crippen LogP contribution in [0.15, 0.2) is 34.9 Å². The Labute approximate surface area is 133 Å². The van der Waals surface area contributed by atoms with Crippen LogP contribution in [-0.4, -0.2) is 24.4 Å². The Hall–Kier alpha value is -1.37. The number of allylic oxidation sites excluding steroid dienone is 3. The van der Waals surface area contributed by atoms with E-state index in [2.05, 4.69) is 38.1 Å². The second-order valence-electron chi connectivity index (χ2n) is 7.29. The molecule has 0 aliphatic heterocycles. The van der Waals surface area contributed by atoms with Crippen LogP contribution in [0.3, 0.4) is 0 Å². The van der Waals surface area contributed by atoms with E-state index in [1.807, 2.05) is 6.92 Å². The van der Waals surface area contributed by atoms with Crippen LogP contribution in [0.2, 0.25) is 0 Å². The van der Waals surface area contributed by atoms with Crippen LogP contribution < -0.4 is 0 Å². The highest BCUT2D eigenvalue weighted by Crippen LogP contribution is 2.63. The smallest absolute Gasteiger partial charge is 0.104 e. The standard InChI is InChI=1S/C19H25NO2/c1-5-16-18(3)10-13-8-14(22-4)6-7-15(13)19(16,11-20)9-12(2)17(18)21/h5-7,12,14,17,21H,8-10H2,1-4H3/b16-5+/t12?,14?,17-,18-,19-/m0/s1. The fourth-order valence-electron chi connectivity index (χ4n) is 5.14. The first-order chi connectivity index (χ1) is 10.4. The molecule has 5 atom stereocenters. The number of nitrogens with zero attached hydrogens (tertiary/aromatic N) is 1. The Morgan fingerprint density at radius 3 is 2.82 bits per heavy atom. The number of aliphatic hydroxyl groups excluding tert-OH is 1. The number of hydrogen-bond donors (Lipinski definition) is 1. The quantitative estimate of drug-likeness (QED) is 0.754. The molecular weight excluding hydrogens is 274 g/mol. The first kappa shape index (κ1) is 15.5. The van der Waals surface area contributed by atoms with E-state index in [-0.39, 0.29) is 17.4 Å². The van der Waals surface area contributed by atoms with E-state index in [9.17, 15) is 10.4 Å². The second-order valence-corrected chi connectivity index (χ2v) is 7.29. The monoisotopic (exact) mass is 299 g/mol. The van der Waals surface area contributed by atoms with Gasteiger partial charge in [0.15, 0.2) is 0 Å². The molecular formula is C19H25NO2. The summed E-state index contributed by atoms with van der Waals surface area (Å²) in [7, 11) is 1.72. The molecule has 3 heteroatoms. The summed E-state index contributed by atoms with van der Waals surface area (Å²) in [4.78, 5) is 0. The van der Waals surface area contributed by atoms with E-state index in [0.717, 1.165) is 24.0 Å². The van der Waals surface area contributed by atoms with Gasteiger partial charge in [0, 0.05) is 12.5 Å². The lowest BCUT2D eigenvalue weighted by Gasteiger charge is -2.56. The Bertz CT molecular complexity index is 624. The van der Waals surface area contributed by atoms with Crippen molar-refractivity contribution in [2.75, 3.05) is 7.11 Å².